The Morgan fingerprint density at radius 1 is 0.792 bits per heavy atom. The predicted octanol–water partition coefficient (Wildman–Crippen LogP) is 1.44. The van der Waals surface area contributed by atoms with E-state index in [9.17, 15) is 19.2 Å². The Morgan fingerprint density at radius 2 is 1.21 bits per heavy atom. The standard InChI is InChI=1S/C17H24O7/c1-6-22-15(19)11-10(14(18)9(4)5)12(16(20)23-7-2)13(11)17(21)24-8-3/h9-11H,6-8H2,1-5H3. The Morgan fingerprint density at radius 3 is 1.58 bits per heavy atom. The zero-order valence-electron chi connectivity index (χ0n) is 14.7. The molecular formula is C17H24O7. The van der Waals surface area contributed by atoms with Crippen molar-refractivity contribution in [3.63, 3.8) is 0 Å². The molecule has 0 aromatic carbocycles. The summed E-state index contributed by atoms with van der Waals surface area (Å²) in [6.45, 7) is 8.44. The van der Waals surface area contributed by atoms with Crippen molar-refractivity contribution in [3.8, 4) is 0 Å². The van der Waals surface area contributed by atoms with Gasteiger partial charge >= 0.3 is 17.9 Å². The van der Waals surface area contributed by atoms with Crippen molar-refractivity contribution < 1.29 is 33.4 Å². The van der Waals surface area contributed by atoms with Crippen molar-refractivity contribution in [3.05, 3.63) is 11.1 Å². The quantitative estimate of drug-likeness (QED) is 0.487. The van der Waals surface area contributed by atoms with E-state index in [1.54, 1.807) is 34.6 Å². The third-order valence-electron chi connectivity index (χ3n) is 3.65. The van der Waals surface area contributed by atoms with Crippen LogP contribution in [-0.2, 0) is 33.4 Å². The number of carbonyl (C=O) groups excluding carboxylic acids is 4. The minimum Gasteiger partial charge on any atom is -0.465 e. The van der Waals surface area contributed by atoms with Gasteiger partial charge in [0.1, 0.15) is 11.7 Å². The highest BCUT2D eigenvalue weighted by atomic mass is 16.5. The van der Waals surface area contributed by atoms with Gasteiger partial charge in [-0.25, -0.2) is 9.59 Å². The van der Waals surface area contributed by atoms with E-state index in [0.29, 0.717) is 0 Å². The Labute approximate surface area is 141 Å². The number of hydrogen-bond acceptors (Lipinski definition) is 7. The van der Waals surface area contributed by atoms with Gasteiger partial charge in [0, 0.05) is 5.92 Å². The maximum atomic E-state index is 12.5. The number of ether oxygens (including phenoxy) is 3. The molecule has 24 heavy (non-hydrogen) atoms. The molecule has 0 aromatic rings. The van der Waals surface area contributed by atoms with Gasteiger partial charge in [0.15, 0.2) is 0 Å². The van der Waals surface area contributed by atoms with Gasteiger partial charge in [-0.2, -0.15) is 0 Å². The Bertz CT molecular complexity index is 559. The number of esters is 3. The van der Waals surface area contributed by atoms with Gasteiger partial charge in [-0.15, -0.1) is 0 Å². The van der Waals surface area contributed by atoms with E-state index in [-0.39, 0.29) is 36.8 Å². The van der Waals surface area contributed by atoms with E-state index >= 15 is 0 Å². The maximum absolute atomic E-state index is 12.5. The molecule has 0 saturated carbocycles. The van der Waals surface area contributed by atoms with E-state index in [0.717, 1.165) is 0 Å². The number of carbonyl (C=O) groups is 4. The van der Waals surface area contributed by atoms with Crippen LogP contribution in [-0.4, -0.2) is 43.5 Å². The number of Topliss-reactive ketones (excluding diaryl/α,β-unsaturated/α-hetero) is 1. The van der Waals surface area contributed by atoms with Crippen molar-refractivity contribution in [2.75, 3.05) is 19.8 Å². The first-order valence-corrected chi connectivity index (χ1v) is 8.10. The lowest BCUT2D eigenvalue weighted by Gasteiger charge is -2.37. The van der Waals surface area contributed by atoms with E-state index in [2.05, 4.69) is 0 Å². The molecule has 7 heteroatoms. The molecule has 0 bridgehead atoms. The van der Waals surface area contributed by atoms with Crippen LogP contribution >= 0.6 is 0 Å². The van der Waals surface area contributed by atoms with Gasteiger partial charge in [0.05, 0.1) is 36.9 Å². The van der Waals surface area contributed by atoms with Crippen molar-refractivity contribution >= 4 is 23.7 Å². The van der Waals surface area contributed by atoms with E-state index in [1.807, 2.05) is 0 Å². The normalized spacial score (nSPS) is 19.6. The largest absolute Gasteiger partial charge is 0.465 e. The molecule has 2 unspecified atom stereocenters. The highest BCUT2D eigenvalue weighted by Crippen LogP contribution is 2.45. The first kappa shape index (κ1) is 19.9. The summed E-state index contributed by atoms with van der Waals surface area (Å²) in [6, 6.07) is 0. The van der Waals surface area contributed by atoms with Gasteiger partial charge in [0.25, 0.3) is 0 Å². The van der Waals surface area contributed by atoms with Crippen molar-refractivity contribution in [1.82, 2.24) is 0 Å². The molecule has 0 fully saturated rings. The van der Waals surface area contributed by atoms with Crippen LogP contribution in [0.2, 0.25) is 0 Å². The van der Waals surface area contributed by atoms with E-state index in [4.69, 9.17) is 14.2 Å². The summed E-state index contributed by atoms with van der Waals surface area (Å²) < 4.78 is 14.8. The highest BCUT2D eigenvalue weighted by Gasteiger charge is 2.56. The predicted molar refractivity (Wildman–Crippen MR) is 83.8 cm³/mol. The molecule has 1 aliphatic rings. The molecule has 2 atom stereocenters. The monoisotopic (exact) mass is 340 g/mol. The third-order valence-corrected chi connectivity index (χ3v) is 3.65. The van der Waals surface area contributed by atoms with Crippen LogP contribution in [0.15, 0.2) is 11.1 Å². The van der Waals surface area contributed by atoms with Gasteiger partial charge in [0.2, 0.25) is 0 Å². The van der Waals surface area contributed by atoms with Crippen molar-refractivity contribution in [2.24, 2.45) is 17.8 Å². The van der Waals surface area contributed by atoms with Crippen LogP contribution in [0.1, 0.15) is 34.6 Å². The fourth-order valence-corrected chi connectivity index (χ4v) is 2.62. The van der Waals surface area contributed by atoms with Crippen LogP contribution in [0.3, 0.4) is 0 Å². The lowest BCUT2D eigenvalue weighted by molar-refractivity contribution is -0.157. The fraction of sp³-hybridized carbons (Fsp3) is 0.647. The Balaban J connectivity index is 3.39. The van der Waals surface area contributed by atoms with Gasteiger partial charge in [-0.1, -0.05) is 13.8 Å². The first-order chi connectivity index (χ1) is 11.3. The number of hydrogen-bond donors (Lipinski definition) is 0. The third kappa shape index (κ3) is 3.83. The van der Waals surface area contributed by atoms with Crippen LogP contribution in [0.4, 0.5) is 0 Å². The van der Waals surface area contributed by atoms with Gasteiger partial charge in [-0.05, 0) is 20.8 Å². The second kappa shape index (κ2) is 8.61. The van der Waals surface area contributed by atoms with Crippen LogP contribution in [0, 0.1) is 17.8 Å². The van der Waals surface area contributed by atoms with Crippen molar-refractivity contribution in [1.29, 1.82) is 0 Å². The maximum Gasteiger partial charge on any atom is 0.335 e. The molecule has 1 aliphatic carbocycles. The molecule has 0 spiro atoms. The summed E-state index contributed by atoms with van der Waals surface area (Å²) in [6.07, 6.45) is 0. The Kier molecular flexibility index (Phi) is 7.13. The molecule has 0 aromatic heterocycles. The zero-order chi connectivity index (χ0) is 18.4. The Hall–Kier alpha value is -2.18. The summed E-state index contributed by atoms with van der Waals surface area (Å²) in [5.41, 5.74) is -0.222. The minimum absolute atomic E-state index is 0.0801. The number of rotatable bonds is 8. The SMILES string of the molecule is CCOC(=O)C1=C(C(=O)OCC)C(C(=O)C(C)C)C1C(=O)OCC. The zero-order valence-corrected chi connectivity index (χ0v) is 14.7. The van der Waals surface area contributed by atoms with Crippen LogP contribution in [0.5, 0.6) is 0 Å². The van der Waals surface area contributed by atoms with E-state index < -0.39 is 35.7 Å². The second-order valence-corrected chi connectivity index (χ2v) is 5.53. The average molecular weight is 340 g/mol. The topological polar surface area (TPSA) is 96.0 Å². The molecular weight excluding hydrogens is 316 g/mol. The lowest BCUT2D eigenvalue weighted by Crippen LogP contribution is -2.49. The summed E-state index contributed by atoms with van der Waals surface area (Å²) in [5.74, 6) is -5.19. The van der Waals surface area contributed by atoms with E-state index in [1.165, 1.54) is 0 Å². The smallest absolute Gasteiger partial charge is 0.335 e. The minimum atomic E-state index is -1.13. The number of ketones is 1. The summed E-state index contributed by atoms with van der Waals surface area (Å²) in [5, 5.41) is 0. The molecule has 0 heterocycles. The molecule has 1 rings (SSSR count). The molecule has 0 aliphatic heterocycles. The fourth-order valence-electron chi connectivity index (χ4n) is 2.62. The molecule has 0 radical (unpaired) electrons. The molecule has 134 valence electrons. The highest BCUT2D eigenvalue weighted by molar-refractivity contribution is 6.14. The molecule has 7 nitrogen and oxygen atoms in total. The molecule has 0 saturated heterocycles. The average Bonchev–Trinajstić information content (AvgIpc) is 2.46. The first-order valence-electron chi connectivity index (χ1n) is 8.10. The van der Waals surface area contributed by atoms with Crippen LogP contribution in [0.25, 0.3) is 0 Å². The lowest BCUT2D eigenvalue weighted by atomic mass is 9.64. The van der Waals surface area contributed by atoms with Gasteiger partial charge in [-0.3, -0.25) is 9.59 Å². The molecule has 0 N–H and O–H groups in total. The molecule has 0 amide bonds. The summed E-state index contributed by atoms with van der Waals surface area (Å²) >= 11 is 0. The summed E-state index contributed by atoms with van der Waals surface area (Å²) in [4.78, 5) is 49.1. The second-order valence-electron chi connectivity index (χ2n) is 5.53. The van der Waals surface area contributed by atoms with Crippen LogP contribution < -0.4 is 0 Å². The van der Waals surface area contributed by atoms with Gasteiger partial charge < -0.3 is 14.2 Å². The van der Waals surface area contributed by atoms with Crippen molar-refractivity contribution in [2.45, 2.75) is 34.6 Å². The summed E-state index contributed by atoms with van der Waals surface area (Å²) in [7, 11) is 0.